The Bertz CT molecular complexity index is 1300. The number of anilines is 2. The molecule has 2 amide bonds. The Balaban J connectivity index is 1.76. The summed E-state index contributed by atoms with van der Waals surface area (Å²) in [4.78, 5) is 25.8. The van der Waals surface area contributed by atoms with Gasteiger partial charge < -0.3 is 20.1 Å². The third kappa shape index (κ3) is 7.80. The normalized spacial score (nSPS) is 11.9. The van der Waals surface area contributed by atoms with Gasteiger partial charge in [-0.25, -0.2) is 8.42 Å². The van der Waals surface area contributed by atoms with Gasteiger partial charge in [-0.1, -0.05) is 30.3 Å². The summed E-state index contributed by atoms with van der Waals surface area (Å²) in [5.74, 6) is 0.221. The van der Waals surface area contributed by atoms with E-state index in [1.54, 1.807) is 67.8 Å². The van der Waals surface area contributed by atoms with Crippen molar-refractivity contribution in [2.24, 2.45) is 0 Å². The Morgan fingerprint density at radius 2 is 1.54 bits per heavy atom. The summed E-state index contributed by atoms with van der Waals surface area (Å²) in [7, 11) is -2.25. The van der Waals surface area contributed by atoms with Crippen LogP contribution in [-0.4, -0.2) is 52.8 Å². The van der Waals surface area contributed by atoms with Crippen LogP contribution in [0.25, 0.3) is 0 Å². The van der Waals surface area contributed by atoms with Crippen molar-refractivity contribution in [1.29, 1.82) is 0 Å². The van der Waals surface area contributed by atoms with Gasteiger partial charge in [0.25, 0.3) is 5.91 Å². The summed E-state index contributed by atoms with van der Waals surface area (Å²) < 4.78 is 37.2. The highest BCUT2D eigenvalue weighted by Gasteiger charge is 2.30. The highest BCUT2D eigenvalue weighted by atomic mass is 32.2. The van der Waals surface area contributed by atoms with Gasteiger partial charge in [-0.2, -0.15) is 0 Å². The monoisotopic (exact) mass is 525 g/mol. The van der Waals surface area contributed by atoms with Crippen LogP contribution in [0, 0.1) is 0 Å². The second kappa shape index (κ2) is 12.9. The van der Waals surface area contributed by atoms with Crippen molar-refractivity contribution in [2.75, 3.05) is 36.1 Å². The number of para-hydroxylation sites is 2. The lowest BCUT2D eigenvalue weighted by atomic mass is 10.1. The third-order valence-corrected chi connectivity index (χ3v) is 6.64. The summed E-state index contributed by atoms with van der Waals surface area (Å²) in [5, 5.41) is 5.49. The molecule has 196 valence electrons. The summed E-state index contributed by atoms with van der Waals surface area (Å²) in [6.45, 7) is 2.41. The van der Waals surface area contributed by atoms with Gasteiger partial charge in [-0.05, 0) is 61.9 Å². The van der Waals surface area contributed by atoms with Crippen LogP contribution in [0.5, 0.6) is 11.5 Å². The van der Waals surface area contributed by atoms with Crippen LogP contribution in [0.2, 0.25) is 0 Å². The number of hydrogen-bond donors (Lipinski definition) is 2. The van der Waals surface area contributed by atoms with Crippen LogP contribution < -0.4 is 19.7 Å². The van der Waals surface area contributed by atoms with E-state index in [1.165, 1.54) is 6.92 Å². The summed E-state index contributed by atoms with van der Waals surface area (Å²) in [6.07, 6.45) is 1.68. The molecule has 0 saturated carbocycles. The molecule has 0 spiro atoms. The smallest absolute Gasteiger partial charge is 0.253 e. The number of sulfonamides is 1. The van der Waals surface area contributed by atoms with E-state index in [9.17, 15) is 18.0 Å². The number of hydrogen-bond acceptors (Lipinski definition) is 6. The zero-order valence-corrected chi connectivity index (χ0v) is 21.8. The number of carbonyl (C=O) groups is 2. The minimum absolute atomic E-state index is 0.272. The number of carbonyl (C=O) groups excluding carboxylic acids is 2. The lowest BCUT2D eigenvalue weighted by Crippen LogP contribution is -2.45. The Labute approximate surface area is 217 Å². The highest BCUT2D eigenvalue weighted by Crippen LogP contribution is 2.27. The lowest BCUT2D eigenvalue weighted by molar-refractivity contribution is -0.116. The zero-order chi connectivity index (χ0) is 26.8. The molecule has 0 aliphatic carbocycles. The second-order valence-corrected chi connectivity index (χ2v) is 10.1. The molecule has 2 N–H and O–H groups in total. The second-order valence-electron chi connectivity index (χ2n) is 8.28. The number of amides is 2. The van der Waals surface area contributed by atoms with Crippen LogP contribution in [0.15, 0.2) is 78.9 Å². The molecule has 0 radical (unpaired) electrons. The first-order chi connectivity index (χ1) is 17.7. The molecule has 1 atom stereocenters. The first-order valence-corrected chi connectivity index (χ1v) is 13.5. The fraction of sp³-hybridized carbons (Fsp3) is 0.259. The molecule has 0 heterocycles. The first kappa shape index (κ1) is 27.7. The van der Waals surface area contributed by atoms with Gasteiger partial charge in [0.2, 0.25) is 15.9 Å². The number of nitrogens with zero attached hydrogens (tertiary/aromatic N) is 1. The van der Waals surface area contributed by atoms with Crippen LogP contribution >= 0.6 is 0 Å². The van der Waals surface area contributed by atoms with Crippen LogP contribution in [-0.2, 0) is 19.6 Å². The third-order valence-electron chi connectivity index (χ3n) is 5.40. The number of nitrogens with one attached hydrogen (secondary N) is 2. The van der Waals surface area contributed by atoms with E-state index >= 15 is 0 Å². The van der Waals surface area contributed by atoms with E-state index in [-0.39, 0.29) is 17.2 Å². The Morgan fingerprint density at radius 3 is 2.19 bits per heavy atom. The SMILES string of the molecule is COCCCNC(=O)c1ccccc1NC(=O)[C@H](C)N(c1ccc(Oc2ccccc2)cc1)S(C)(=O)=O. The molecule has 0 unspecified atom stereocenters. The van der Waals surface area contributed by atoms with Crippen molar-refractivity contribution >= 4 is 33.2 Å². The Morgan fingerprint density at radius 1 is 0.919 bits per heavy atom. The molecule has 9 nitrogen and oxygen atoms in total. The molecule has 0 aliphatic heterocycles. The van der Waals surface area contributed by atoms with E-state index in [0.717, 1.165) is 10.6 Å². The molecular formula is C27H31N3O6S. The minimum Gasteiger partial charge on any atom is -0.457 e. The Hall–Kier alpha value is -3.89. The fourth-order valence-corrected chi connectivity index (χ4v) is 4.81. The zero-order valence-electron chi connectivity index (χ0n) is 21.0. The van der Waals surface area contributed by atoms with Crippen molar-refractivity contribution in [3.05, 3.63) is 84.4 Å². The maximum Gasteiger partial charge on any atom is 0.253 e. The van der Waals surface area contributed by atoms with Crippen LogP contribution in [0.1, 0.15) is 23.7 Å². The van der Waals surface area contributed by atoms with Gasteiger partial charge in [-0.3, -0.25) is 13.9 Å². The Kier molecular flexibility index (Phi) is 9.64. The van der Waals surface area contributed by atoms with Gasteiger partial charge in [0.1, 0.15) is 17.5 Å². The van der Waals surface area contributed by atoms with Gasteiger partial charge in [0.15, 0.2) is 0 Å². The molecule has 37 heavy (non-hydrogen) atoms. The maximum absolute atomic E-state index is 13.2. The van der Waals surface area contributed by atoms with E-state index in [4.69, 9.17) is 9.47 Å². The number of methoxy groups -OCH3 is 1. The standard InChI is InChI=1S/C27H31N3O6S/c1-20(26(31)29-25-13-8-7-12-24(25)27(32)28-18-9-19-35-2)30(37(3,33)34)21-14-16-23(17-15-21)36-22-10-5-4-6-11-22/h4-8,10-17,20H,9,18-19H2,1-3H3,(H,28,32)(H,29,31)/t20-/m0/s1. The van der Waals surface area contributed by atoms with Gasteiger partial charge in [-0.15, -0.1) is 0 Å². The molecule has 0 saturated heterocycles. The molecular weight excluding hydrogens is 494 g/mol. The van der Waals surface area contributed by atoms with Gasteiger partial charge in [0.05, 0.1) is 23.2 Å². The van der Waals surface area contributed by atoms with Crippen molar-refractivity contribution < 1.29 is 27.5 Å². The molecule has 10 heteroatoms. The predicted molar refractivity (Wildman–Crippen MR) is 144 cm³/mol. The van der Waals surface area contributed by atoms with E-state index in [0.29, 0.717) is 36.8 Å². The van der Waals surface area contributed by atoms with E-state index < -0.39 is 22.0 Å². The average molecular weight is 526 g/mol. The summed E-state index contributed by atoms with van der Waals surface area (Å²) >= 11 is 0. The molecule has 0 aromatic heterocycles. The summed E-state index contributed by atoms with van der Waals surface area (Å²) in [5.41, 5.74) is 0.854. The number of benzene rings is 3. The molecule has 0 fully saturated rings. The van der Waals surface area contributed by atoms with Crippen molar-refractivity contribution in [1.82, 2.24) is 5.32 Å². The number of ether oxygens (including phenoxy) is 2. The molecule has 3 rings (SSSR count). The van der Waals surface area contributed by atoms with Crippen molar-refractivity contribution in [3.63, 3.8) is 0 Å². The average Bonchev–Trinajstić information content (AvgIpc) is 2.87. The number of rotatable bonds is 12. The first-order valence-electron chi connectivity index (χ1n) is 11.7. The predicted octanol–water partition coefficient (Wildman–Crippen LogP) is 4.04. The fourth-order valence-electron chi connectivity index (χ4n) is 3.64. The van der Waals surface area contributed by atoms with E-state index in [2.05, 4.69) is 10.6 Å². The topological polar surface area (TPSA) is 114 Å². The maximum atomic E-state index is 13.2. The molecule has 0 aliphatic rings. The van der Waals surface area contributed by atoms with Gasteiger partial charge >= 0.3 is 0 Å². The van der Waals surface area contributed by atoms with Crippen molar-refractivity contribution in [2.45, 2.75) is 19.4 Å². The minimum atomic E-state index is -3.83. The van der Waals surface area contributed by atoms with Crippen LogP contribution in [0.3, 0.4) is 0 Å². The quantitative estimate of drug-likeness (QED) is 0.345. The van der Waals surface area contributed by atoms with Crippen LogP contribution in [0.4, 0.5) is 11.4 Å². The summed E-state index contributed by atoms with van der Waals surface area (Å²) in [6, 6.07) is 21.0. The molecule has 0 bridgehead atoms. The molecule has 3 aromatic rings. The van der Waals surface area contributed by atoms with Crippen molar-refractivity contribution in [3.8, 4) is 11.5 Å². The van der Waals surface area contributed by atoms with Gasteiger partial charge in [0, 0.05) is 20.3 Å². The lowest BCUT2D eigenvalue weighted by Gasteiger charge is -2.28. The largest absolute Gasteiger partial charge is 0.457 e. The highest BCUT2D eigenvalue weighted by molar-refractivity contribution is 7.92. The van der Waals surface area contributed by atoms with E-state index in [1.807, 2.05) is 18.2 Å². The molecule has 3 aromatic carbocycles.